The molecule has 1 aliphatic rings. The van der Waals surface area contributed by atoms with Crippen molar-refractivity contribution in [3.63, 3.8) is 0 Å². The van der Waals surface area contributed by atoms with Crippen LogP contribution in [0.15, 0.2) is 12.1 Å². The van der Waals surface area contributed by atoms with E-state index >= 15 is 0 Å². The van der Waals surface area contributed by atoms with Crippen LogP contribution in [0.3, 0.4) is 0 Å². The molecule has 0 radical (unpaired) electrons. The van der Waals surface area contributed by atoms with Crippen LogP contribution in [0.25, 0.3) is 0 Å². The monoisotopic (exact) mass is 439 g/mol. The highest BCUT2D eigenvalue weighted by Gasteiger charge is 2.26. The number of halogens is 1. The van der Waals surface area contributed by atoms with Crippen molar-refractivity contribution in [2.45, 2.75) is 58.5 Å². The van der Waals surface area contributed by atoms with Crippen molar-refractivity contribution in [1.82, 2.24) is 14.8 Å². The van der Waals surface area contributed by atoms with Crippen molar-refractivity contribution in [3.05, 3.63) is 22.8 Å². The van der Waals surface area contributed by atoms with Crippen molar-refractivity contribution in [2.75, 3.05) is 33.8 Å². The molecule has 0 spiro atoms. The van der Waals surface area contributed by atoms with Gasteiger partial charge in [0.25, 0.3) is 5.91 Å². The second-order valence-corrected chi connectivity index (χ2v) is 9.30. The summed E-state index contributed by atoms with van der Waals surface area (Å²) in [6.07, 6.45) is 4.91. The van der Waals surface area contributed by atoms with Crippen LogP contribution in [0, 0.1) is 5.92 Å². The molecule has 0 aromatic carbocycles. The molecule has 30 heavy (non-hydrogen) atoms. The Morgan fingerprint density at radius 2 is 1.87 bits per heavy atom. The van der Waals surface area contributed by atoms with Gasteiger partial charge in [0.1, 0.15) is 10.8 Å². The fourth-order valence-electron chi connectivity index (χ4n) is 3.34. The summed E-state index contributed by atoms with van der Waals surface area (Å²) in [6, 6.07) is 3.32. The molecule has 2 rings (SSSR count). The molecule has 0 aliphatic carbocycles. The summed E-state index contributed by atoms with van der Waals surface area (Å²) in [4.78, 5) is 31.5. The van der Waals surface area contributed by atoms with Gasteiger partial charge in [-0.15, -0.1) is 0 Å². The first kappa shape index (κ1) is 24.3. The number of nitrogens with zero attached hydrogens (tertiary/aromatic N) is 3. The Bertz CT molecular complexity index is 726. The lowest BCUT2D eigenvalue weighted by molar-refractivity contribution is 0.0180. The summed E-state index contributed by atoms with van der Waals surface area (Å²) in [6.45, 7) is 7.75. The van der Waals surface area contributed by atoms with Crippen LogP contribution < -0.4 is 4.74 Å². The SMILES string of the molecule is CN(C)C(=O)c1ccc(OCCCCC2CCN(C(=O)OC(C)(C)C)CC2)nc1Cl. The maximum Gasteiger partial charge on any atom is 0.410 e. The van der Waals surface area contributed by atoms with E-state index in [0.717, 1.165) is 45.2 Å². The number of ether oxygens (including phenoxy) is 2. The van der Waals surface area contributed by atoms with E-state index in [1.54, 1.807) is 26.2 Å². The Hall–Kier alpha value is -2.02. The summed E-state index contributed by atoms with van der Waals surface area (Å²) in [7, 11) is 3.34. The first-order valence-corrected chi connectivity index (χ1v) is 10.9. The van der Waals surface area contributed by atoms with Gasteiger partial charge in [-0.2, -0.15) is 0 Å². The molecule has 0 atom stereocenters. The van der Waals surface area contributed by atoms with E-state index in [0.29, 0.717) is 24.0 Å². The van der Waals surface area contributed by atoms with E-state index in [4.69, 9.17) is 21.1 Å². The Labute approximate surface area is 184 Å². The van der Waals surface area contributed by atoms with Crippen LogP contribution in [0.4, 0.5) is 4.79 Å². The van der Waals surface area contributed by atoms with Gasteiger partial charge in [0.15, 0.2) is 0 Å². The number of pyridine rings is 1. The number of aromatic nitrogens is 1. The van der Waals surface area contributed by atoms with Gasteiger partial charge in [0, 0.05) is 33.3 Å². The van der Waals surface area contributed by atoms with Gasteiger partial charge in [-0.1, -0.05) is 18.0 Å². The minimum absolute atomic E-state index is 0.156. The van der Waals surface area contributed by atoms with E-state index in [1.807, 2.05) is 25.7 Å². The van der Waals surface area contributed by atoms with E-state index in [1.165, 1.54) is 4.90 Å². The molecule has 1 aliphatic heterocycles. The Balaban J connectivity index is 1.64. The number of carbonyl (C=O) groups is 2. The van der Waals surface area contributed by atoms with Crippen molar-refractivity contribution in [3.8, 4) is 5.88 Å². The number of likely N-dealkylation sites (tertiary alicyclic amines) is 1. The second-order valence-electron chi connectivity index (χ2n) is 8.94. The quantitative estimate of drug-likeness (QED) is 0.457. The lowest BCUT2D eigenvalue weighted by Crippen LogP contribution is -2.41. The molecule has 1 saturated heterocycles. The maximum absolute atomic E-state index is 12.1. The van der Waals surface area contributed by atoms with Crippen molar-refractivity contribution >= 4 is 23.6 Å². The predicted molar refractivity (Wildman–Crippen MR) is 117 cm³/mol. The summed E-state index contributed by atoms with van der Waals surface area (Å²) < 4.78 is 11.1. The van der Waals surface area contributed by atoms with Crippen LogP contribution in [0.2, 0.25) is 5.15 Å². The third-order valence-corrected chi connectivity index (χ3v) is 5.27. The molecule has 1 fully saturated rings. The highest BCUT2D eigenvalue weighted by molar-refractivity contribution is 6.32. The van der Waals surface area contributed by atoms with Crippen LogP contribution in [-0.4, -0.2) is 66.2 Å². The maximum atomic E-state index is 12.1. The standard InChI is InChI=1S/C22H34ClN3O4/c1-22(2,3)30-21(28)26-13-11-16(12-14-26)8-6-7-15-29-18-10-9-17(19(23)24-18)20(27)25(4)5/h9-10,16H,6-8,11-15H2,1-5H3. The Morgan fingerprint density at radius 3 is 2.43 bits per heavy atom. The average molecular weight is 440 g/mol. The van der Waals surface area contributed by atoms with Gasteiger partial charge in [0.2, 0.25) is 5.88 Å². The molecule has 1 aromatic heterocycles. The lowest BCUT2D eigenvalue weighted by atomic mass is 9.92. The van der Waals surface area contributed by atoms with Gasteiger partial charge in [-0.05, 0) is 58.4 Å². The smallest absolute Gasteiger partial charge is 0.410 e. The molecular weight excluding hydrogens is 406 g/mol. The zero-order chi connectivity index (χ0) is 22.3. The lowest BCUT2D eigenvalue weighted by Gasteiger charge is -2.33. The number of rotatable bonds is 7. The Kier molecular flexibility index (Phi) is 8.77. The van der Waals surface area contributed by atoms with Crippen molar-refractivity contribution in [1.29, 1.82) is 0 Å². The first-order chi connectivity index (χ1) is 14.1. The minimum Gasteiger partial charge on any atom is -0.478 e. The zero-order valence-electron chi connectivity index (χ0n) is 18.7. The highest BCUT2D eigenvalue weighted by Crippen LogP contribution is 2.24. The minimum atomic E-state index is -0.449. The average Bonchev–Trinajstić information content (AvgIpc) is 2.66. The fourth-order valence-corrected chi connectivity index (χ4v) is 3.57. The number of amides is 2. The number of carbonyl (C=O) groups excluding carboxylic acids is 2. The third-order valence-electron chi connectivity index (χ3n) is 4.98. The number of unbranched alkanes of at least 4 members (excludes halogenated alkanes) is 1. The van der Waals surface area contributed by atoms with Gasteiger partial charge >= 0.3 is 6.09 Å². The normalized spacial score (nSPS) is 15.1. The zero-order valence-corrected chi connectivity index (χ0v) is 19.5. The Morgan fingerprint density at radius 1 is 1.20 bits per heavy atom. The largest absolute Gasteiger partial charge is 0.478 e. The first-order valence-electron chi connectivity index (χ1n) is 10.6. The number of hydrogen-bond donors (Lipinski definition) is 0. The second kappa shape index (κ2) is 10.8. The molecule has 0 N–H and O–H groups in total. The summed E-state index contributed by atoms with van der Waals surface area (Å²) in [5.74, 6) is 0.880. The van der Waals surface area contributed by atoms with Crippen LogP contribution in [-0.2, 0) is 4.74 Å². The molecular formula is C22H34ClN3O4. The molecule has 0 saturated carbocycles. The number of piperidine rings is 1. The van der Waals surface area contributed by atoms with Crippen molar-refractivity contribution in [2.24, 2.45) is 5.92 Å². The van der Waals surface area contributed by atoms with E-state index < -0.39 is 5.60 Å². The van der Waals surface area contributed by atoms with Gasteiger partial charge in [-0.25, -0.2) is 9.78 Å². The van der Waals surface area contributed by atoms with Crippen LogP contribution in [0.1, 0.15) is 63.2 Å². The molecule has 2 amide bonds. The van der Waals surface area contributed by atoms with Crippen molar-refractivity contribution < 1.29 is 19.1 Å². The molecule has 7 nitrogen and oxygen atoms in total. The highest BCUT2D eigenvalue weighted by atomic mass is 35.5. The van der Waals surface area contributed by atoms with Gasteiger partial charge in [0.05, 0.1) is 12.2 Å². The number of hydrogen-bond acceptors (Lipinski definition) is 5. The van der Waals surface area contributed by atoms with Crippen LogP contribution >= 0.6 is 11.6 Å². The molecule has 2 heterocycles. The van der Waals surface area contributed by atoms with E-state index in [-0.39, 0.29) is 17.2 Å². The predicted octanol–water partition coefficient (Wildman–Crippen LogP) is 4.63. The molecule has 0 unspecified atom stereocenters. The molecule has 8 heteroatoms. The molecule has 168 valence electrons. The third kappa shape index (κ3) is 7.67. The summed E-state index contributed by atoms with van der Waals surface area (Å²) in [5.41, 5.74) is -0.0818. The van der Waals surface area contributed by atoms with E-state index in [9.17, 15) is 9.59 Å². The fraction of sp³-hybridized carbons (Fsp3) is 0.682. The summed E-state index contributed by atoms with van der Waals surface area (Å²) in [5, 5.41) is 0.156. The van der Waals surface area contributed by atoms with Gasteiger partial charge in [-0.3, -0.25) is 4.79 Å². The molecule has 1 aromatic rings. The summed E-state index contributed by atoms with van der Waals surface area (Å²) >= 11 is 6.10. The van der Waals surface area contributed by atoms with Gasteiger partial charge < -0.3 is 19.3 Å². The topological polar surface area (TPSA) is 72.0 Å². The van der Waals surface area contributed by atoms with Crippen LogP contribution in [0.5, 0.6) is 5.88 Å². The van der Waals surface area contributed by atoms with E-state index in [2.05, 4.69) is 4.98 Å². The molecule has 0 bridgehead atoms.